The van der Waals surface area contributed by atoms with Crippen LogP contribution in [0, 0.1) is 0 Å². The van der Waals surface area contributed by atoms with Gasteiger partial charge in [0.2, 0.25) is 0 Å². The fourth-order valence-electron chi connectivity index (χ4n) is 1.60. The summed E-state index contributed by atoms with van der Waals surface area (Å²) < 4.78 is 0. The zero-order chi connectivity index (χ0) is 11.9. The maximum Gasteiger partial charge on any atom is 0.299 e. The van der Waals surface area contributed by atoms with Crippen LogP contribution < -0.4 is 4.90 Å². The summed E-state index contributed by atoms with van der Waals surface area (Å²) in [7, 11) is 0. The molecule has 16 heavy (non-hydrogen) atoms. The summed E-state index contributed by atoms with van der Waals surface area (Å²) in [5, 5.41) is 0.718. The Morgan fingerprint density at radius 2 is 2.06 bits per heavy atom. The highest BCUT2D eigenvalue weighted by Crippen LogP contribution is 2.31. The second kappa shape index (κ2) is 3.92. The predicted octanol–water partition coefficient (Wildman–Crippen LogP) is 2.62. The molecule has 82 valence electrons. The SMILES string of the molecule is C=C(Cl)CN1C(=O)C(=O)c2cc(Cl)ccc21. The predicted molar refractivity (Wildman–Crippen MR) is 63.1 cm³/mol. The lowest BCUT2D eigenvalue weighted by molar-refractivity contribution is -0.114. The number of benzene rings is 1. The van der Waals surface area contributed by atoms with Crippen molar-refractivity contribution >= 4 is 40.6 Å². The van der Waals surface area contributed by atoms with E-state index in [1.165, 1.54) is 11.0 Å². The molecule has 0 atom stereocenters. The van der Waals surface area contributed by atoms with Crippen LogP contribution in [0.2, 0.25) is 5.02 Å². The van der Waals surface area contributed by atoms with Gasteiger partial charge in [-0.2, -0.15) is 0 Å². The van der Waals surface area contributed by atoms with Crippen molar-refractivity contribution in [3.8, 4) is 0 Å². The molecule has 1 heterocycles. The van der Waals surface area contributed by atoms with Crippen molar-refractivity contribution < 1.29 is 9.59 Å². The van der Waals surface area contributed by atoms with Crippen molar-refractivity contribution in [3.05, 3.63) is 40.4 Å². The molecule has 0 aliphatic carbocycles. The summed E-state index contributed by atoms with van der Waals surface area (Å²) in [6.45, 7) is 3.63. The van der Waals surface area contributed by atoms with Crippen LogP contribution in [0.4, 0.5) is 5.69 Å². The first-order chi connectivity index (χ1) is 7.50. The Hall–Kier alpha value is -1.32. The van der Waals surface area contributed by atoms with E-state index < -0.39 is 11.7 Å². The Morgan fingerprint density at radius 3 is 2.69 bits per heavy atom. The van der Waals surface area contributed by atoms with Crippen molar-refractivity contribution in [3.63, 3.8) is 0 Å². The van der Waals surface area contributed by atoms with Gasteiger partial charge in [0.25, 0.3) is 11.7 Å². The van der Waals surface area contributed by atoms with Crippen LogP contribution in [0.15, 0.2) is 29.8 Å². The molecule has 0 unspecified atom stereocenters. The molecule has 1 aliphatic heterocycles. The number of rotatable bonds is 2. The first-order valence-electron chi connectivity index (χ1n) is 4.49. The summed E-state index contributed by atoms with van der Waals surface area (Å²) in [6, 6.07) is 4.73. The molecule has 0 fully saturated rings. The lowest BCUT2D eigenvalue weighted by Crippen LogP contribution is -2.30. The zero-order valence-electron chi connectivity index (χ0n) is 8.17. The fourth-order valence-corrected chi connectivity index (χ4v) is 1.89. The van der Waals surface area contributed by atoms with Crippen molar-refractivity contribution in [2.75, 3.05) is 11.4 Å². The number of fused-ring (bicyclic) bond motifs is 1. The molecule has 3 nitrogen and oxygen atoms in total. The zero-order valence-corrected chi connectivity index (χ0v) is 9.68. The number of carbonyl (C=O) groups excluding carboxylic acids is 2. The van der Waals surface area contributed by atoms with Crippen LogP contribution in [0.3, 0.4) is 0 Å². The van der Waals surface area contributed by atoms with E-state index in [1.54, 1.807) is 12.1 Å². The van der Waals surface area contributed by atoms with Crippen molar-refractivity contribution in [2.45, 2.75) is 0 Å². The molecule has 0 saturated heterocycles. The Morgan fingerprint density at radius 1 is 1.38 bits per heavy atom. The van der Waals surface area contributed by atoms with Gasteiger partial charge in [-0.3, -0.25) is 14.5 Å². The molecule has 0 saturated carbocycles. The average Bonchev–Trinajstić information content (AvgIpc) is 2.43. The van der Waals surface area contributed by atoms with Gasteiger partial charge in [-0.25, -0.2) is 0 Å². The summed E-state index contributed by atoms with van der Waals surface area (Å²) in [6.07, 6.45) is 0. The summed E-state index contributed by atoms with van der Waals surface area (Å²) in [4.78, 5) is 24.6. The van der Waals surface area contributed by atoms with Gasteiger partial charge in [0, 0.05) is 10.1 Å². The van der Waals surface area contributed by atoms with E-state index in [2.05, 4.69) is 6.58 Å². The van der Waals surface area contributed by atoms with Crippen LogP contribution in [0.1, 0.15) is 10.4 Å². The van der Waals surface area contributed by atoms with Crippen LogP contribution in [-0.2, 0) is 4.79 Å². The van der Waals surface area contributed by atoms with Crippen LogP contribution in [0.5, 0.6) is 0 Å². The second-order valence-electron chi connectivity index (χ2n) is 3.40. The van der Waals surface area contributed by atoms with Gasteiger partial charge in [-0.1, -0.05) is 29.8 Å². The Kier molecular flexibility index (Phi) is 2.74. The molecule has 0 aromatic heterocycles. The molecule has 1 aliphatic rings. The minimum Gasteiger partial charge on any atom is -0.299 e. The second-order valence-corrected chi connectivity index (χ2v) is 4.37. The molecule has 1 aromatic carbocycles. The third-order valence-electron chi connectivity index (χ3n) is 2.26. The highest BCUT2D eigenvalue weighted by atomic mass is 35.5. The standard InChI is InChI=1S/C11H7Cl2NO2/c1-6(12)5-14-9-3-2-7(13)4-8(9)10(15)11(14)16/h2-4H,1,5H2. The van der Waals surface area contributed by atoms with Crippen molar-refractivity contribution in [1.29, 1.82) is 0 Å². The average molecular weight is 256 g/mol. The number of hydrogen-bond acceptors (Lipinski definition) is 2. The van der Waals surface area contributed by atoms with Gasteiger partial charge in [0.1, 0.15) is 0 Å². The molecule has 1 amide bonds. The largest absolute Gasteiger partial charge is 0.299 e. The highest BCUT2D eigenvalue weighted by molar-refractivity contribution is 6.53. The third kappa shape index (κ3) is 1.72. The summed E-state index contributed by atoms with van der Waals surface area (Å²) in [5.74, 6) is -1.16. The Balaban J connectivity index is 2.50. The topological polar surface area (TPSA) is 37.4 Å². The number of Topliss-reactive ketones (excluding diaryl/α,β-unsaturated/α-hetero) is 1. The van der Waals surface area contributed by atoms with E-state index in [9.17, 15) is 9.59 Å². The molecule has 2 rings (SSSR count). The maximum atomic E-state index is 11.6. The third-order valence-corrected chi connectivity index (χ3v) is 2.62. The summed E-state index contributed by atoms with van der Waals surface area (Å²) in [5.41, 5.74) is 0.844. The van der Waals surface area contributed by atoms with Gasteiger partial charge in [-0.15, -0.1) is 0 Å². The molecule has 5 heteroatoms. The first kappa shape index (κ1) is 11.2. The van der Waals surface area contributed by atoms with E-state index in [0.717, 1.165) is 0 Å². The number of hydrogen-bond donors (Lipinski definition) is 0. The number of nitrogens with zero attached hydrogens (tertiary/aromatic N) is 1. The Bertz CT molecular complexity index is 511. The van der Waals surface area contributed by atoms with Gasteiger partial charge in [0.15, 0.2) is 0 Å². The number of anilines is 1. The van der Waals surface area contributed by atoms with Crippen molar-refractivity contribution in [2.24, 2.45) is 0 Å². The van der Waals surface area contributed by atoms with E-state index in [1.807, 2.05) is 0 Å². The van der Waals surface area contributed by atoms with E-state index >= 15 is 0 Å². The molecular weight excluding hydrogens is 249 g/mol. The normalized spacial score (nSPS) is 14.2. The minimum absolute atomic E-state index is 0.126. The van der Waals surface area contributed by atoms with Crippen molar-refractivity contribution in [1.82, 2.24) is 0 Å². The number of amides is 1. The molecular formula is C11H7Cl2NO2. The molecule has 0 radical (unpaired) electrons. The van der Waals surface area contributed by atoms with Gasteiger partial charge in [0.05, 0.1) is 17.8 Å². The van der Waals surface area contributed by atoms with Crippen LogP contribution in [0.25, 0.3) is 0 Å². The lowest BCUT2D eigenvalue weighted by atomic mass is 10.1. The quantitative estimate of drug-likeness (QED) is 0.763. The van der Waals surface area contributed by atoms with E-state index in [-0.39, 0.29) is 6.54 Å². The smallest absolute Gasteiger partial charge is 0.299 e. The van der Waals surface area contributed by atoms with Gasteiger partial charge in [-0.05, 0) is 18.2 Å². The summed E-state index contributed by atoms with van der Waals surface area (Å²) >= 11 is 11.4. The maximum absolute atomic E-state index is 11.6. The van der Waals surface area contributed by atoms with Crippen LogP contribution >= 0.6 is 23.2 Å². The molecule has 0 spiro atoms. The number of ketones is 1. The van der Waals surface area contributed by atoms with E-state index in [4.69, 9.17) is 23.2 Å². The monoisotopic (exact) mass is 255 g/mol. The highest BCUT2D eigenvalue weighted by Gasteiger charge is 2.35. The molecule has 1 aromatic rings. The minimum atomic E-state index is -0.598. The first-order valence-corrected chi connectivity index (χ1v) is 5.25. The molecule has 0 bridgehead atoms. The fraction of sp³-hybridized carbons (Fsp3) is 0.0909. The van der Waals surface area contributed by atoms with Gasteiger partial charge < -0.3 is 0 Å². The Labute approximate surface area is 102 Å². The lowest BCUT2D eigenvalue weighted by Gasteiger charge is -2.15. The number of carbonyl (C=O) groups is 2. The number of halogens is 2. The van der Waals surface area contributed by atoms with Gasteiger partial charge >= 0.3 is 0 Å². The van der Waals surface area contributed by atoms with Crippen LogP contribution in [-0.4, -0.2) is 18.2 Å². The van der Waals surface area contributed by atoms with E-state index in [0.29, 0.717) is 21.3 Å². The molecule has 0 N–H and O–H groups in total.